The maximum atomic E-state index is 12.3. The summed E-state index contributed by atoms with van der Waals surface area (Å²) in [5.74, 6) is 0. The van der Waals surface area contributed by atoms with Crippen molar-refractivity contribution in [1.29, 1.82) is 0 Å². The third-order valence-corrected chi connectivity index (χ3v) is 3.65. The molecule has 4 nitrogen and oxygen atoms in total. The lowest BCUT2D eigenvalue weighted by Gasteiger charge is -2.30. The first-order valence-corrected chi connectivity index (χ1v) is 6.92. The summed E-state index contributed by atoms with van der Waals surface area (Å²) in [7, 11) is 4.10. The molecule has 2 amide bonds. The van der Waals surface area contributed by atoms with Crippen molar-refractivity contribution < 1.29 is 4.79 Å². The molecular formula is C16H19N3O. The Morgan fingerprint density at radius 1 is 1.15 bits per heavy atom. The Kier molecular flexibility index (Phi) is 3.32. The van der Waals surface area contributed by atoms with E-state index >= 15 is 0 Å². The summed E-state index contributed by atoms with van der Waals surface area (Å²) >= 11 is 0. The summed E-state index contributed by atoms with van der Waals surface area (Å²) in [5.41, 5.74) is 1.92. The van der Waals surface area contributed by atoms with Crippen LogP contribution in [-0.2, 0) is 0 Å². The minimum Gasteiger partial charge on any atom is -0.309 e. The molecule has 1 N–H and O–H groups in total. The van der Waals surface area contributed by atoms with Crippen LogP contribution in [0.3, 0.4) is 0 Å². The molecule has 0 radical (unpaired) electrons. The van der Waals surface area contributed by atoms with Gasteiger partial charge in [0.25, 0.3) is 0 Å². The summed E-state index contributed by atoms with van der Waals surface area (Å²) in [6.45, 7) is 1.71. The molecule has 2 aromatic rings. The van der Waals surface area contributed by atoms with Gasteiger partial charge in [0, 0.05) is 11.9 Å². The number of rotatable bonds is 4. The van der Waals surface area contributed by atoms with E-state index in [9.17, 15) is 4.79 Å². The average molecular weight is 269 g/mol. The fourth-order valence-electron chi connectivity index (χ4n) is 2.71. The summed E-state index contributed by atoms with van der Waals surface area (Å²) in [4.78, 5) is 16.3. The van der Waals surface area contributed by atoms with E-state index in [1.807, 2.05) is 43.3 Å². The van der Waals surface area contributed by atoms with Crippen molar-refractivity contribution >= 4 is 28.2 Å². The van der Waals surface area contributed by atoms with E-state index in [-0.39, 0.29) is 6.03 Å². The van der Waals surface area contributed by atoms with Crippen molar-refractivity contribution in [1.82, 2.24) is 4.90 Å². The molecule has 0 fully saturated rings. The van der Waals surface area contributed by atoms with Crippen molar-refractivity contribution in [3.63, 3.8) is 0 Å². The van der Waals surface area contributed by atoms with Gasteiger partial charge in [0.05, 0.1) is 11.4 Å². The number of amides is 2. The predicted octanol–water partition coefficient (Wildman–Crippen LogP) is 3.14. The highest BCUT2D eigenvalue weighted by molar-refractivity contribution is 6.18. The quantitative estimate of drug-likeness (QED) is 0.925. The van der Waals surface area contributed by atoms with Crippen molar-refractivity contribution in [2.75, 3.05) is 37.4 Å². The Balaban J connectivity index is 1.96. The largest absolute Gasteiger partial charge is 0.326 e. The van der Waals surface area contributed by atoms with Crippen molar-refractivity contribution in [3.05, 3.63) is 36.4 Å². The fourth-order valence-corrected chi connectivity index (χ4v) is 2.71. The minimum atomic E-state index is -0.0324. The summed E-state index contributed by atoms with van der Waals surface area (Å²) in [5, 5.41) is 5.29. The number of hydrogen-bond acceptors (Lipinski definition) is 2. The first-order valence-electron chi connectivity index (χ1n) is 6.92. The molecule has 0 saturated carbocycles. The van der Waals surface area contributed by atoms with Crippen LogP contribution in [0, 0.1) is 0 Å². The van der Waals surface area contributed by atoms with Crippen LogP contribution in [0.4, 0.5) is 16.2 Å². The number of benzene rings is 2. The number of nitrogens with one attached hydrogen (secondary N) is 1. The molecule has 1 heterocycles. The smallest absolute Gasteiger partial charge is 0.309 e. The van der Waals surface area contributed by atoms with Gasteiger partial charge in [-0.1, -0.05) is 24.3 Å². The fraction of sp³-hybridized carbons (Fsp3) is 0.312. The number of anilines is 2. The van der Waals surface area contributed by atoms with Crippen LogP contribution in [0.5, 0.6) is 0 Å². The van der Waals surface area contributed by atoms with Gasteiger partial charge in [-0.25, -0.2) is 4.79 Å². The highest BCUT2D eigenvalue weighted by atomic mass is 16.2. The van der Waals surface area contributed by atoms with Crippen LogP contribution in [0.2, 0.25) is 0 Å². The molecule has 3 rings (SSSR count). The zero-order chi connectivity index (χ0) is 14.1. The molecule has 0 bridgehead atoms. The first kappa shape index (κ1) is 12.9. The molecule has 0 spiro atoms. The number of urea groups is 1. The van der Waals surface area contributed by atoms with E-state index in [2.05, 4.69) is 22.3 Å². The molecule has 1 aliphatic heterocycles. The maximum Gasteiger partial charge on any atom is 0.326 e. The van der Waals surface area contributed by atoms with E-state index in [0.717, 1.165) is 41.7 Å². The Morgan fingerprint density at radius 3 is 2.65 bits per heavy atom. The zero-order valence-electron chi connectivity index (χ0n) is 11.9. The van der Waals surface area contributed by atoms with Gasteiger partial charge in [-0.15, -0.1) is 0 Å². The van der Waals surface area contributed by atoms with Crippen molar-refractivity contribution in [2.24, 2.45) is 0 Å². The first-order chi connectivity index (χ1) is 9.66. The normalized spacial score (nSPS) is 13.9. The van der Waals surface area contributed by atoms with Gasteiger partial charge in [-0.05, 0) is 44.6 Å². The maximum absolute atomic E-state index is 12.3. The lowest BCUT2D eigenvalue weighted by Crippen LogP contribution is -2.39. The monoisotopic (exact) mass is 269 g/mol. The molecule has 1 aliphatic rings. The highest BCUT2D eigenvalue weighted by Gasteiger charge is 2.24. The van der Waals surface area contributed by atoms with Crippen molar-refractivity contribution in [3.8, 4) is 0 Å². The van der Waals surface area contributed by atoms with E-state index in [1.54, 1.807) is 0 Å². The van der Waals surface area contributed by atoms with Crippen LogP contribution in [-0.4, -0.2) is 38.1 Å². The van der Waals surface area contributed by atoms with Crippen LogP contribution in [0.15, 0.2) is 36.4 Å². The molecule has 0 atom stereocenters. The van der Waals surface area contributed by atoms with Gasteiger partial charge >= 0.3 is 6.03 Å². The minimum absolute atomic E-state index is 0.0324. The number of carbonyl (C=O) groups excluding carboxylic acids is 1. The molecule has 2 aromatic carbocycles. The van der Waals surface area contributed by atoms with E-state index < -0.39 is 0 Å². The molecule has 0 unspecified atom stereocenters. The Labute approximate surface area is 119 Å². The Bertz CT molecular complexity index is 646. The third-order valence-electron chi connectivity index (χ3n) is 3.65. The molecular weight excluding hydrogens is 250 g/mol. The molecule has 104 valence electrons. The van der Waals surface area contributed by atoms with E-state index in [4.69, 9.17) is 0 Å². The van der Waals surface area contributed by atoms with Crippen LogP contribution >= 0.6 is 0 Å². The van der Waals surface area contributed by atoms with E-state index in [0.29, 0.717) is 0 Å². The molecule has 0 aromatic heterocycles. The topological polar surface area (TPSA) is 35.6 Å². The van der Waals surface area contributed by atoms with Gasteiger partial charge < -0.3 is 10.2 Å². The number of hydrogen-bond donors (Lipinski definition) is 1. The molecule has 20 heavy (non-hydrogen) atoms. The second kappa shape index (κ2) is 5.13. The highest BCUT2D eigenvalue weighted by Crippen LogP contribution is 2.36. The van der Waals surface area contributed by atoms with Gasteiger partial charge in [0.15, 0.2) is 0 Å². The van der Waals surface area contributed by atoms with Gasteiger partial charge in [-0.2, -0.15) is 0 Å². The SMILES string of the molecule is CN(C)CCCN1C(=O)Nc2cccc3cccc1c23. The summed E-state index contributed by atoms with van der Waals surface area (Å²) in [6.07, 6.45) is 0.957. The molecule has 0 saturated heterocycles. The lowest BCUT2D eigenvalue weighted by atomic mass is 10.0. The molecule has 0 aliphatic carbocycles. The zero-order valence-corrected chi connectivity index (χ0v) is 11.9. The lowest BCUT2D eigenvalue weighted by molar-refractivity contribution is 0.256. The number of carbonyl (C=O) groups is 1. The Hall–Kier alpha value is -2.07. The van der Waals surface area contributed by atoms with Crippen molar-refractivity contribution in [2.45, 2.75) is 6.42 Å². The third kappa shape index (κ3) is 2.23. The van der Waals surface area contributed by atoms with Crippen LogP contribution < -0.4 is 10.2 Å². The van der Waals surface area contributed by atoms with Gasteiger partial charge in [0.2, 0.25) is 0 Å². The van der Waals surface area contributed by atoms with Gasteiger partial charge in [0.1, 0.15) is 0 Å². The molecule has 4 heteroatoms. The average Bonchev–Trinajstić information content (AvgIpc) is 2.42. The van der Waals surface area contributed by atoms with Crippen LogP contribution in [0.1, 0.15) is 6.42 Å². The summed E-state index contributed by atoms with van der Waals surface area (Å²) in [6, 6.07) is 12.1. The Morgan fingerprint density at radius 2 is 1.90 bits per heavy atom. The van der Waals surface area contributed by atoms with Crippen LogP contribution in [0.25, 0.3) is 10.8 Å². The number of nitrogens with zero attached hydrogens (tertiary/aromatic N) is 2. The standard InChI is InChI=1S/C16H19N3O/c1-18(2)10-5-11-19-14-9-4-7-12-6-3-8-13(15(12)14)17-16(19)20/h3-4,6-9H,5,10-11H2,1-2H3,(H,17,20). The summed E-state index contributed by atoms with van der Waals surface area (Å²) < 4.78 is 0. The predicted molar refractivity (Wildman–Crippen MR) is 83.5 cm³/mol. The second-order valence-corrected chi connectivity index (χ2v) is 5.42. The second-order valence-electron chi connectivity index (χ2n) is 5.42. The van der Waals surface area contributed by atoms with Gasteiger partial charge in [-0.3, -0.25) is 4.90 Å². The van der Waals surface area contributed by atoms with E-state index in [1.165, 1.54) is 0 Å².